The molecule has 0 aromatic heterocycles. The first-order valence-electron chi connectivity index (χ1n) is 3.66. The van der Waals surface area contributed by atoms with Gasteiger partial charge in [0.05, 0.1) is 0 Å². The monoisotopic (exact) mass is 281 g/mol. The summed E-state index contributed by atoms with van der Waals surface area (Å²) in [6, 6.07) is 0. The molecule has 0 saturated heterocycles. The molecule has 0 saturated carbocycles. The summed E-state index contributed by atoms with van der Waals surface area (Å²) in [7, 11) is 0. The van der Waals surface area contributed by atoms with Gasteiger partial charge in [-0.1, -0.05) is 0 Å². The van der Waals surface area contributed by atoms with Gasteiger partial charge in [0.1, 0.15) is 0 Å². The second-order valence-corrected chi connectivity index (χ2v) is 6.91. The summed E-state index contributed by atoms with van der Waals surface area (Å²) < 4.78 is 2.22. The van der Waals surface area contributed by atoms with E-state index in [2.05, 4.69) is 39.0 Å². The molecule has 0 radical (unpaired) electrons. The van der Waals surface area contributed by atoms with Gasteiger partial charge >= 0.3 is 70.1 Å². The molecule has 1 aliphatic carbocycles. The molecular weight excluding hydrogens is 265 g/mol. The van der Waals surface area contributed by atoms with E-state index in [4.69, 9.17) is 0 Å². The van der Waals surface area contributed by atoms with E-state index in [1.807, 2.05) is 0 Å². The van der Waals surface area contributed by atoms with Crippen molar-refractivity contribution in [2.75, 3.05) is 0 Å². The van der Waals surface area contributed by atoms with Crippen molar-refractivity contribution in [3.8, 4) is 0 Å². The summed E-state index contributed by atoms with van der Waals surface area (Å²) in [6.07, 6.45) is 7.93. The molecule has 1 aliphatic rings. The number of allylic oxidation sites excluding steroid dienone is 4. The van der Waals surface area contributed by atoms with Crippen LogP contribution in [0.25, 0.3) is 0 Å². The standard InChI is InChI=1S/C5H5.C4H9.3ClH.V/c1-2-4-5-3-1;1-4(2)3;;;;/h1-3H,4H2;1-3H3;3*1H;. The van der Waals surface area contributed by atoms with E-state index in [0.29, 0.717) is 20.4 Å². The molecule has 4 heteroatoms. The van der Waals surface area contributed by atoms with Crippen LogP contribution < -0.4 is 0 Å². The minimum absolute atomic E-state index is 0. The molecule has 0 bridgehead atoms. The van der Waals surface area contributed by atoms with Gasteiger partial charge < -0.3 is 0 Å². The van der Waals surface area contributed by atoms with Crippen LogP contribution in [0.3, 0.4) is 0 Å². The van der Waals surface area contributed by atoms with Gasteiger partial charge in [-0.2, -0.15) is 0 Å². The number of rotatable bonds is 1. The van der Waals surface area contributed by atoms with E-state index >= 15 is 0 Å². The van der Waals surface area contributed by atoms with Crippen LogP contribution in [0.5, 0.6) is 0 Å². The molecular formula is C9H17Cl3V. The Hall–Kier alpha value is 0.934. The van der Waals surface area contributed by atoms with Crippen LogP contribution in [0, 0.1) is 0 Å². The third-order valence-corrected chi connectivity index (χ3v) is 3.24. The fraction of sp³-hybridized carbons (Fsp3) is 0.556. The maximum atomic E-state index is 2.33. The van der Waals surface area contributed by atoms with Gasteiger partial charge in [0, 0.05) is 0 Å². The summed E-state index contributed by atoms with van der Waals surface area (Å²) >= 11 is 0.418. The minimum Gasteiger partial charge on any atom is -0.147 e. The van der Waals surface area contributed by atoms with E-state index in [1.54, 1.807) is 4.28 Å². The second kappa shape index (κ2) is 8.26. The zero-order valence-electron chi connectivity index (χ0n) is 8.11. The average molecular weight is 283 g/mol. The van der Waals surface area contributed by atoms with Crippen molar-refractivity contribution < 1.29 is 16.3 Å². The minimum atomic E-state index is 0. The molecule has 0 atom stereocenters. The maximum Gasteiger partial charge on any atom is -0.147 e. The van der Waals surface area contributed by atoms with Crippen molar-refractivity contribution in [1.29, 1.82) is 0 Å². The van der Waals surface area contributed by atoms with Gasteiger partial charge in [0.15, 0.2) is 0 Å². The molecule has 1 rings (SSSR count). The third-order valence-electron chi connectivity index (χ3n) is 1.23. The van der Waals surface area contributed by atoms with E-state index in [-0.39, 0.29) is 37.2 Å². The first kappa shape index (κ1) is 19.5. The van der Waals surface area contributed by atoms with Crippen LogP contribution in [0.4, 0.5) is 0 Å². The van der Waals surface area contributed by atoms with Gasteiger partial charge in [-0.15, -0.1) is 37.2 Å². The fourth-order valence-electron chi connectivity index (χ4n) is 0.950. The molecule has 0 unspecified atom stereocenters. The molecule has 0 heterocycles. The van der Waals surface area contributed by atoms with Gasteiger partial charge in [-0.3, -0.25) is 0 Å². The molecule has 0 fully saturated rings. The molecule has 0 aromatic rings. The van der Waals surface area contributed by atoms with Crippen molar-refractivity contribution in [1.82, 2.24) is 0 Å². The largest absolute Gasteiger partial charge is 0.147 e. The Morgan fingerprint density at radius 1 is 1.15 bits per heavy atom. The summed E-state index contributed by atoms with van der Waals surface area (Å²) in [6.45, 7) is 6.98. The van der Waals surface area contributed by atoms with Crippen molar-refractivity contribution in [3.63, 3.8) is 0 Å². The Bertz CT molecular complexity index is 180. The molecule has 79 valence electrons. The zero-order chi connectivity index (χ0) is 7.61. The van der Waals surface area contributed by atoms with E-state index in [9.17, 15) is 0 Å². The Balaban J connectivity index is -0.000000333. The molecule has 0 amide bonds. The zero-order valence-corrected chi connectivity index (χ0v) is 12.0. The van der Waals surface area contributed by atoms with Crippen LogP contribution in [0.2, 0.25) is 4.13 Å². The van der Waals surface area contributed by atoms with Gasteiger partial charge in [-0.25, -0.2) is 0 Å². The number of hydrogen-bond acceptors (Lipinski definition) is 0. The Morgan fingerprint density at radius 2 is 1.69 bits per heavy atom. The van der Waals surface area contributed by atoms with E-state index in [0.717, 1.165) is 0 Å². The SMILES string of the molecule is C[C](C)(C)[V][C]1=CC=CC1.Cl.Cl.Cl. The van der Waals surface area contributed by atoms with Crippen LogP contribution in [-0.2, 0) is 16.3 Å². The van der Waals surface area contributed by atoms with Gasteiger partial charge in [-0.05, 0) is 0 Å². The maximum absolute atomic E-state index is 2.33. The van der Waals surface area contributed by atoms with Crippen LogP contribution in [-0.4, -0.2) is 0 Å². The molecule has 0 spiro atoms. The van der Waals surface area contributed by atoms with Crippen molar-refractivity contribution in [2.45, 2.75) is 31.3 Å². The van der Waals surface area contributed by atoms with Crippen LogP contribution in [0.15, 0.2) is 22.5 Å². The Kier molecular flexibility index (Phi) is 12.4. The summed E-state index contributed by atoms with van der Waals surface area (Å²) in [5, 5.41) is 0. The molecule has 0 aromatic carbocycles. The smallest absolute Gasteiger partial charge is 0.147 e. The number of hydrogen-bond donors (Lipinski definition) is 0. The molecule has 13 heavy (non-hydrogen) atoms. The van der Waals surface area contributed by atoms with E-state index in [1.165, 1.54) is 6.42 Å². The predicted octanol–water partition coefficient (Wildman–Crippen LogP) is 4.40. The second-order valence-electron chi connectivity index (χ2n) is 3.57. The first-order valence-corrected chi connectivity index (χ1v) is 5.06. The topological polar surface area (TPSA) is 0 Å². The Labute approximate surface area is 107 Å². The van der Waals surface area contributed by atoms with E-state index < -0.39 is 0 Å². The Morgan fingerprint density at radius 3 is 2.00 bits per heavy atom. The average Bonchev–Trinajstić information content (AvgIpc) is 2.12. The molecule has 0 aliphatic heterocycles. The summed E-state index contributed by atoms with van der Waals surface area (Å²) in [4.78, 5) is 0. The number of halogens is 3. The third kappa shape index (κ3) is 9.24. The van der Waals surface area contributed by atoms with Crippen molar-refractivity contribution in [2.24, 2.45) is 0 Å². The normalized spacial score (nSPS) is 13.3. The van der Waals surface area contributed by atoms with Crippen molar-refractivity contribution >= 4 is 37.2 Å². The first-order chi connectivity index (χ1) is 4.58. The fourth-order valence-corrected chi connectivity index (χ4v) is 2.85. The summed E-state index contributed by atoms with van der Waals surface area (Å²) in [5.74, 6) is 0. The summed E-state index contributed by atoms with van der Waals surface area (Å²) in [5.41, 5.74) is 0. The van der Waals surface area contributed by atoms with Crippen LogP contribution in [0.1, 0.15) is 27.2 Å². The predicted molar refractivity (Wildman–Crippen MR) is 63.3 cm³/mol. The van der Waals surface area contributed by atoms with Gasteiger partial charge in [0.2, 0.25) is 0 Å². The quantitative estimate of drug-likeness (QED) is 0.669. The van der Waals surface area contributed by atoms with Gasteiger partial charge in [0.25, 0.3) is 0 Å². The molecule has 0 nitrogen and oxygen atoms in total. The molecule has 0 N–H and O–H groups in total. The van der Waals surface area contributed by atoms with Crippen LogP contribution >= 0.6 is 37.2 Å². The van der Waals surface area contributed by atoms with Crippen molar-refractivity contribution in [3.05, 3.63) is 22.5 Å².